The second-order valence-electron chi connectivity index (χ2n) is 6.14. The lowest BCUT2D eigenvalue weighted by atomic mass is 9.56. The van der Waals surface area contributed by atoms with Crippen LogP contribution in [0.2, 0.25) is 0 Å². The molecule has 1 N–H and O–H groups in total. The molecule has 1 aliphatic heterocycles. The van der Waals surface area contributed by atoms with Crippen molar-refractivity contribution < 1.29 is 4.92 Å². The summed E-state index contributed by atoms with van der Waals surface area (Å²) in [6.07, 6.45) is 4.30. The third kappa shape index (κ3) is 2.34. The molecule has 5 heteroatoms. The van der Waals surface area contributed by atoms with Crippen molar-refractivity contribution in [2.24, 2.45) is 5.92 Å². The Hall–Kier alpha value is -1.13. The lowest BCUT2D eigenvalue weighted by Crippen LogP contribution is -2.58. The molecule has 1 aromatic rings. The van der Waals surface area contributed by atoms with Crippen LogP contribution in [0.5, 0.6) is 0 Å². The third-order valence-corrected chi connectivity index (χ3v) is 5.52. The molecule has 0 spiro atoms. The first-order valence-corrected chi connectivity index (χ1v) is 7.63. The van der Waals surface area contributed by atoms with Gasteiger partial charge in [0.2, 0.25) is 0 Å². The zero-order valence-electron chi connectivity index (χ0n) is 12.6. The fourth-order valence-electron chi connectivity index (χ4n) is 4.60. The zero-order valence-corrected chi connectivity index (χ0v) is 13.4. The van der Waals surface area contributed by atoms with Crippen LogP contribution < -0.4 is 5.32 Å². The van der Waals surface area contributed by atoms with Gasteiger partial charge in [-0.25, -0.2) is 0 Å². The van der Waals surface area contributed by atoms with Crippen molar-refractivity contribution in [1.82, 2.24) is 5.32 Å². The van der Waals surface area contributed by atoms with Gasteiger partial charge < -0.3 is 5.32 Å². The minimum absolute atomic E-state index is 0. The quantitative estimate of drug-likeness (QED) is 0.685. The van der Waals surface area contributed by atoms with Crippen LogP contribution in [0.3, 0.4) is 0 Å². The minimum atomic E-state index is -0.266. The Kier molecular flexibility index (Phi) is 4.59. The van der Waals surface area contributed by atoms with Gasteiger partial charge in [-0.3, -0.25) is 10.1 Å². The SMILES string of the molecule is CCC1[C@@H]2Cc3ccc([N+](=O)[O-])cc3[C@@]1(CC)CCN2.Cl. The van der Waals surface area contributed by atoms with Crippen LogP contribution in [-0.2, 0) is 11.8 Å². The maximum absolute atomic E-state index is 11.1. The molecule has 21 heavy (non-hydrogen) atoms. The summed E-state index contributed by atoms with van der Waals surface area (Å²) in [7, 11) is 0. The standard InChI is InChI=1S/C16H22N2O2.ClH/c1-3-13-15-9-11-5-6-12(18(19)20)10-14(11)16(13,4-2)7-8-17-15;/h5-6,10,13,15,17H,3-4,7-9H2,1-2H3;1H/t13?,15-,16-;/m0./s1. The van der Waals surface area contributed by atoms with E-state index in [4.69, 9.17) is 0 Å². The molecule has 1 heterocycles. The van der Waals surface area contributed by atoms with Crippen molar-refractivity contribution in [1.29, 1.82) is 0 Å². The molecule has 3 rings (SSSR count). The van der Waals surface area contributed by atoms with E-state index in [0.717, 1.165) is 32.2 Å². The van der Waals surface area contributed by atoms with Gasteiger partial charge in [0.05, 0.1) is 4.92 Å². The van der Waals surface area contributed by atoms with Crippen LogP contribution in [0.15, 0.2) is 18.2 Å². The number of non-ortho nitro benzene ring substituents is 1. The Bertz CT molecular complexity index is 549. The second-order valence-corrected chi connectivity index (χ2v) is 6.14. The van der Waals surface area contributed by atoms with Crippen molar-refractivity contribution in [3.63, 3.8) is 0 Å². The summed E-state index contributed by atoms with van der Waals surface area (Å²) in [4.78, 5) is 10.8. The third-order valence-electron chi connectivity index (χ3n) is 5.52. The highest BCUT2D eigenvalue weighted by atomic mass is 35.5. The van der Waals surface area contributed by atoms with Gasteiger partial charge in [-0.15, -0.1) is 12.4 Å². The van der Waals surface area contributed by atoms with E-state index < -0.39 is 0 Å². The maximum Gasteiger partial charge on any atom is 0.269 e. The molecule has 1 unspecified atom stereocenters. The van der Waals surface area contributed by atoms with Crippen molar-refractivity contribution in [2.75, 3.05) is 6.54 Å². The molecule has 1 saturated heterocycles. The lowest BCUT2D eigenvalue weighted by Gasteiger charge is -2.53. The number of fused-ring (bicyclic) bond motifs is 4. The predicted octanol–water partition coefficient (Wildman–Crippen LogP) is 3.61. The molecule has 0 saturated carbocycles. The van der Waals surface area contributed by atoms with Gasteiger partial charge in [0.1, 0.15) is 0 Å². The summed E-state index contributed by atoms with van der Waals surface area (Å²) in [5, 5.41) is 14.8. The van der Waals surface area contributed by atoms with E-state index in [0.29, 0.717) is 12.0 Å². The van der Waals surface area contributed by atoms with E-state index in [1.54, 1.807) is 6.07 Å². The Balaban J connectivity index is 0.00000161. The number of hydrogen-bond donors (Lipinski definition) is 1. The topological polar surface area (TPSA) is 55.2 Å². The number of benzene rings is 1. The van der Waals surface area contributed by atoms with Crippen molar-refractivity contribution in [3.05, 3.63) is 39.4 Å². The molecule has 3 atom stereocenters. The minimum Gasteiger partial charge on any atom is -0.313 e. The van der Waals surface area contributed by atoms with Gasteiger partial charge in [-0.2, -0.15) is 0 Å². The molecule has 4 nitrogen and oxygen atoms in total. The summed E-state index contributed by atoms with van der Waals surface area (Å²) >= 11 is 0. The number of piperidine rings is 1. The summed E-state index contributed by atoms with van der Waals surface area (Å²) in [5.74, 6) is 0.593. The number of nitro groups is 1. The first-order chi connectivity index (χ1) is 9.62. The van der Waals surface area contributed by atoms with Crippen LogP contribution in [0.4, 0.5) is 5.69 Å². The molecule has 1 fully saturated rings. The largest absolute Gasteiger partial charge is 0.313 e. The number of nitrogens with one attached hydrogen (secondary N) is 1. The Labute approximate surface area is 131 Å². The summed E-state index contributed by atoms with van der Waals surface area (Å²) in [6, 6.07) is 6.01. The average Bonchev–Trinajstić information content (AvgIpc) is 2.46. The molecule has 1 aromatic carbocycles. The van der Waals surface area contributed by atoms with Crippen LogP contribution in [-0.4, -0.2) is 17.5 Å². The number of rotatable bonds is 3. The van der Waals surface area contributed by atoms with Gasteiger partial charge in [-0.05, 0) is 42.9 Å². The first-order valence-electron chi connectivity index (χ1n) is 7.63. The van der Waals surface area contributed by atoms with E-state index in [1.165, 1.54) is 11.1 Å². The van der Waals surface area contributed by atoms with Gasteiger partial charge >= 0.3 is 0 Å². The Morgan fingerprint density at radius 2 is 2.19 bits per heavy atom. The van der Waals surface area contributed by atoms with Crippen molar-refractivity contribution in [2.45, 2.75) is 51.0 Å². The van der Waals surface area contributed by atoms with Gasteiger partial charge in [0.25, 0.3) is 5.69 Å². The maximum atomic E-state index is 11.1. The van der Waals surface area contributed by atoms with E-state index in [1.807, 2.05) is 12.1 Å². The van der Waals surface area contributed by atoms with Gasteiger partial charge in [-0.1, -0.05) is 26.3 Å². The normalized spacial score (nSPS) is 30.2. The molecular formula is C16H23ClN2O2. The molecule has 0 radical (unpaired) electrons. The fourth-order valence-corrected chi connectivity index (χ4v) is 4.60. The molecule has 0 amide bonds. The number of nitro benzene ring substituents is 1. The summed E-state index contributed by atoms with van der Waals surface area (Å²) in [5.41, 5.74) is 2.92. The average molecular weight is 311 g/mol. The monoisotopic (exact) mass is 310 g/mol. The number of nitrogens with zero attached hydrogens (tertiary/aromatic N) is 1. The lowest BCUT2D eigenvalue weighted by molar-refractivity contribution is -0.385. The van der Waals surface area contributed by atoms with E-state index in [-0.39, 0.29) is 28.4 Å². The molecule has 1 aliphatic carbocycles. The Morgan fingerprint density at radius 1 is 1.43 bits per heavy atom. The summed E-state index contributed by atoms with van der Waals surface area (Å²) in [6.45, 7) is 5.51. The van der Waals surface area contributed by atoms with Gasteiger partial charge in [0, 0.05) is 23.6 Å². The van der Waals surface area contributed by atoms with Crippen molar-refractivity contribution >= 4 is 18.1 Å². The molecule has 116 valence electrons. The molecule has 2 aliphatic rings. The smallest absolute Gasteiger partial charge is 0.269 e. The first kappa shape index (κ1) is 16.2. The molecule has 0 aromatic heterocycles. The fraction of sp³-hybridized carbons (Fsp3) is 0.625. The second kappa shape index (κ2) is 5.93. The highest BCUT2D eigenvalue weighted by Gasteiger charge is 2.49. The van der Waals surface area contributed by atoms with E-state index in [2.05, 4.69) is 19.2 Å². The molecule has 2 bridgehead atoms. The highest BCUT2D eigenvalue weighted by molar-refractivity contribution is 5.85. The molecular weight excluding hydrogens is 288 g/mol. The van der Waals surface area contributed by atoms with Crippen LogP contribution >= 0.6 is 12.4 Å². The van der Waals surface area contributed by atoms with Crippen LogP contribution in [0, 0.1) is 16.0 Å². The number of halogens is 1. The van der Waals surface area contributed by atoms with E-state index in [9.17, 15) is 10.1 Å². The Morgan fingerprint density at radius 3 is 2.81 bits per heavy atom. The predicted molar refractivity (Wildman–Crippen MR) is 86.2 cm³/mol. The van der Waals surface area contributed by atoms with Crippen molar-refractivity contribution in [3.8, 4) is 0 Å². The highest BCUT2D eigenvalue weighted by Crippen LogP contribution is 2.50. The van der Waals surface area contributed by atoms with Crippen LogP contribution in [0.1, 0.15) is 44.2 Å². The zero-order chi connectivity index (χ0) is 14.3. The van der Waals surface area contributed by atoms with E-state index >= 15 is 0 Å². The number of hydrogen-bond acceptors (Lipinski definition) is 3. The van der Waals surface area contributed by atoms with Gasteiger partial charge in [0.15, 0.2) is 0 Å². The van der Waals surface area contributed by atoms with Crippen LogP contribution in [0.25, 0.3) is 0 Å². The summed E-state index contributed by atoms with van der Waals surface area (Å²) < 4.78 is 0.